The summed E-state index contributed by atoms with van der Waals surface area (Å²) in [6.07, 6.45) is 3.93. The predicted molar refractivity (Wildman–Crippen MR) is 130 cm³/mol. The molecule has 0 saturated carbocycles. The molecule has 34 heavy (non-hydrogen) atoms. The Labute approximate surface area is 199 Å². The van der Waals surface area contributed by atoms with Crippen molar-refractivity contribution < 1.29 is 14.3 Å². The standard InChI is InChI=1S/C28H27N3O3/c1-21(32)30-26(27(33)34-2)18-25-19-31(20-29-25)28(22-12-6-3-7-13-22,23-14-8-4-9-15-23)24-16-10-5-11-17-24/h3-17,19-20,26H,18H2,1-2H3,(H,30,32)/t26-/m0/s1. The lowest BCUT2D eigenvalue weighted by Crippen LogP contribution is -2.42. The molecule has 6 nitrogen and oxygen atoms in total. The van der Waals surface area contributed by atoms with E-state index in [4.69, 9.17) is 4.74 Å². The normalized spacial score (nSPS) is 12.1. The Balaban J connectivity index is 1.88. The maximum absolute atomic E-state index is 12.2. The van der Waals surface area contributed by atoms with E-state index in [1.165, 1.54) is 14.0 Å². The van der Waals surface area contributed by atoms with E-state index in [2.05, 4.69) is 51.3 Å². The minimum absolute atomic E-state index is 0.216. The molecule has 3 aromatic carbocycles. The zero-order chi connectivity index (χ0) is 24.0. The number of nitrogens with zero attached hydrogens (tertiary/aromatic N) is 2. The summed E-state index contributed by atoms with van der Waals surface area (Å²) >= 11 is 0. The average Bonchev–Trinajstić information content (AvgIpc) is 3.34. The van der Waals surface area contributed by atoms with E-state index in [0.717, 1.165) is 16.7 Å². The van der Waals surface area contributed by atoms with Crippen molar-refractivity contribution in [3.63, 3.8) is 0 Å². The van der Waals surface area contributed by atoms with Crippen LogP contribution in [-0.4, -0.2) is 34.6 Å². The summed E-state index contributed by atoms with van der Waals surface area (Å²) in [7, 11) is 1.31. The molecule has 0 aliphatic rings. The monoisotopic (exact) mass is 453 g/mol. The third-order valence-corrected chi connectivity index (χ3v) is 5.87. The smallest absolute Gasteiger partial charge is 0.328 e. The van der Waals surface area contributed by atoms with Gasteiger partial charge in [0.05, 0.1) is 19.1 Å². The second kappa shape index (κ2) is 10.2. The molecule has 4 rings (SSSR count). The van der Waals surface area contributed by atoms with Crippen LogP contribution in [-0.2, 0) is 26.3 Å². The van der Waals surface area contributed by atoms with Gasteiger partial charge in [0.2, 0.25) is 5.91 Å². The number of imidazole rings is 1. The van der Waals surface area contributed by atoms with Crippen LogP contribution in [0, 0.1) is 0 Å². The Morgan fingerprint density at radius 2 is 1.35 bits per heavy atom. The molecular formula is C28H27N3O3. The van der Waals surface area contributed by atoms with Crippen molar-refractivity contribution in [3.8, 4) is 0 Å². The largest absolute Gasteiger partial charge is 0.467 e. The highest BCUT2D eigenvalue weighted by atomic mass is 16.5. The van der Waals surface area contributed by atoms with Gasteiger partial charge in [0.25, 0.3) is 0 Å². The van der Waals surface area contributed by atoms with E-state index in [9.17, 15) is 9.59 Å². The van der Waals surface area contributed by atoms with Crippen LogP contribution in [0.2, 0.25) is 0 Å². The minimum atomic E-state index is -0.814. The fraction of sp³-hybridized carbons (Fsp3) is 0.179. The van der Waals surface area contributed by atoms with E-state index in [-0.39, 0.29) is 12.3 Å². The van der Waals surface area contributed by atoms with Gasteiger partial charge in [-0.3, -0.25) is 4.79 Å². The summed E-state index contributed by atoms with van der Waals surface area (Å²) in [5.74, 6) is -0.813. The highest BCUT2D eigenvalue weighted by Gasteiger charge is 2.38. The van der Waals surface area contributed by atoms with Crippen LogP contribution in [0.5, 0.6) is 0 Å². The molecular weight excluding hydrogens is 426 g/mol. The predicted octanol–water partition coefficient (Wildman–Crippen LogP) is 3.94. The molecule has 0 spiro atoms. The van der Waals surface area contributed by atoms with Gasteiger partial charge in [0.15, 0.2) is 0 Å². The summed E-state index contributed by atoms with van der Waals surface area (Å²) in [5, 5.41) is 2.66. The first-order valence-electron chi connectivity index (χ1n) is 11.1. The molecule has 0 radical (unpaired) electrons. The molecule has 6 heteroatoms. The Morgan fingerprint density at radius 3 is 1.76 bits per heavy atom. The molecule has 1 atom stereocenters. The average molecular weight is 454 g/mol. The number of hydrogen-bond donors (Lipinski definition) is 1. The van der Waals surface area contributed by atoms with Gasteiger partial charge >= 0.3 is 5.97 Å². The number of benzene rings is 3. The minimum Gasteiger partial charge on any atom is -0.467 e. The van der Waals surface area contributed by atoms with Crippen molar-refractivity contribution in [2.75, 3.05) is 7.11 Å². The number of rotatable bonds is 8. The zero-order valence-electron chi connectivity index (χ0n) is 19.2. The zero-order valence-corrected chi connectivity index (χ0v) is 19.2. The maximum atomic E-state index is 12.2. The molecule has 172 valence electrons. The molecule has 1 N–H and O–H groups in total. The highest BCUT2D eigenvalue weighted by molar-refractivity contribution is 5.83. The highest BCUT2D eigenvalue weighted by Crippen LogP contribution is 2.40. The van der Waals surface area contributed by atoms with Crippen molar-refractivity contribution in [2.45, 2.75) is 24.9 Å². The SMILES string of the molecule is COC(=O)[C@H](Cc1cn(C(c2ccccc2)(c2ccccc2)c2ccccc2)cn1)NC(C)=O. The quantitative estimate of drug-likeness (QED) is 0.324. The molecule has 1 heterocycles. The third-order valence-electron chi connectivity index (χ3n) is 5.87. The lowest BCUT2D eigenvalue weighted by Gasteiger charge is -2.37. The van der Waals surface area contributed by atoms with E-state index < -0.39 is 17.6 Å². The number of carbonyl (C=O) groups excluding carboxylic acids is 2. The first-order valence-corrected chi connectivity index (χ1v) is 11.1. The summed E-state index contributed by atoms with van der Waals surface area (Å²) in [5.41, 5.74) is 3.19. The van der Waals surface area contributed by atoms with E-state index in [1.807, 2.05) is 60.8 Å². The van der Waals surface area contributed by atoms with Crippen molar-refractivity contribution in [2.24, 2.45) is 0 Å². The maximum Gasteiger partial charge on any atom is 0.328 e. The Morgan fingerprint density at radius 1 is 0.882 bits per heavy atom. The summed E-state index contributed by atoms with van der Waals surface area (Å²) < 4.78 is 6.95. The van der Waals surface area contributed by atoms with Crippen molar-refractivity contribution >= 4 is 11.9 Å². The molecule has 4 aromatic rings. The van der Waals surface area contributed by atoms with E-state index in [1.54, 1.807) is 6.33 Å². The molecule has 0 unspecified atom stereocenters. The van der Waals surface area contributed by atoms with Crippen LogP contribution in [0.4, 0.5) is 0 Å². The Hall–Kier alpha value is -4.19. The van der Waals surface area contributed by atoms with Gasteiger partial charge in [0, 0.05) is 19.5 Å². The van der Waals surface area contributed by atoms with Crippen molar-refractivity contribution in [1.82, 2.24) is 14.9 Å². The fourth-order valence-corrected chi connectivity index (χ4v) is 4.43. The third kappa shape index (κ3) is 4.48. The van der Waals surface area contributed by atoms with E-state index in [0.29, 0.717) is 5.69 Å². The molecule has 1 amide bonds. The van der Waals surface area contributed by atoms with Gasteiger partial charge in [-0.15, -0.1) is 0 Å². The number of nitrogens with one attached hydrogen (secondary N) is 1. The number of carbonyl (C=O) groups is 2. The summed E-state index contributed by atoms with van der Waals surface area (Å²) in [6, 6.07) is 30.0. The van der Waals surface area contributed by atoms with Crippen LogP contribution in [0.1, 0.15) is 29.3 Å². The second-order valence-corrected chi connectivity index (χ2v) is 8.06. The molecule has 0 aliphatic heterocycles. The molecule has 0 fully saturated rings. The van der Waals surface area contributed by atoms with Crippen molar-refractivity contribution in [1.29, 1.82) is 0 Å². The molecule has 0 bridgehead atoms. The van der Waals surface area contributed by atoms with Gasteiger partial charge < -0.3 is 14.6 Å². The second-order valence-electron chi connectivity index (χ2n) is 8.06. The van der Waals surface area contributed by atoms with Crippen molar-refractivity contribution in [3.05, 3.63) is 126 Å². The molecule has 1 aromatic heterocycles. The first kappa shape index (κ1) is 23.0. The van der Waals surface area contributed by atoms with Gasteiger partial charge in [-0.1, -0.05) is 91.0 Å². The van der Waals surface area contributed by atoms with Gasteiger partial charge in [-0.25, -0.2) is 9.78 Å². The van der Waals surface area contributed by atoms with Crippen LogP contribution in [0.25, 0.3) is 0 Å². The van der Waals surface area contributed by atoms with Gasteiger partial charge in [0.1, 0.15) is 11.6 Å². The van der Waals surface area contributed by atoms with Crippen LogP contribution in [0.3, 0.4) is 0 Å². The Kier molecular flexibility index (Phi) is 6.87. The number of ether oxygens (including phenoxy) is 1. The topological polar surface area (TPSA) is 73.2 Å². The van der Waals surface area contributed by atoms with Crippen LogP contribution < -0.4 is 5.32 Å². The number of esters is 1. The lowest BCUT2D eigenvalue weighted by atomic mass is 9.77. The number of aromatic nitrogens is 2. The molecule has 0 saturated heterocycles. The van der Waals surface area contributed by atoms with Gasteiger partial charge in [-0.05, 0) is 16.7 Å². The summed E-state index contributed by atoms with van der Waals surface area (Å²) in [4.78, 5) is 28.5. The Bertz CT molecular complexity index is 1140. The van der Waals surface area contributed by atoms with Crippen LogP contribution >= 0.6 is 0 Å². The number of hydrogen-bond acceptors (Lipinski definition) is 4. The molecule has 0 aliphatic carbocycles. The first-order chi connectivity index (χ1) is 16.6. The number of methoxy groups -OCH3 is 1. The number of amides is 1. The summed E-state index contributed by atoms with van der Waals surface area (Å²) in [6.45, 7) is 1.37. The van der Waals surface area contributed by atoms with E-state index >= 15 is 0 Å². The lowest BCUT2D eigenvalue weighted by molar-refractivity contribution is -0.144. The fourth-order valence-electron chi connectivity index (χ4n) is 4.43. The van der Waals surface area contributed by atoms with Crippen LogP contribution in [0.15, 0.2) is 104 Å². The van der Waals surface area contributed by atoms with Gasteiger partial charge in [-0.2, -0.15) is 0 Å².